The fourth-order valence-electron chi connectivity index (χ4n) is 4.85. The zero-order valence-corrected chi connectivity index (χ0v) is 28.2. The molecular weight excluding hydrogens is 590 g/mol. The first kappa shape index (κ1) is 36.6. The number of anilines is 1. The molecular formula is C30H50ClN7O4S. The molecule has 0 aliphatic carbocycles. The minimum atomic E-state index is -3.45. The summed E-state index contributed by atoms with van der Waals surface area (Å²) in [5, 5.41) is 6.21. The van der Waals surface area contributed by atoms with Gasteiger partial charge < -0.3 is 30.0 Å². The second-order valence-corrected chi connectivity index (χ2v) is 13.9. The molecule has 1 aliphatic heterocycles. The van der Waals surface area contributed by atoms with E-state index in [4.69, 9.17) is 26.9 Å². The molecule has 0 bridgehead atoms. The van der Waals surface area contributed by atoms with Gasteiger partial charge in [0.05, 0.1) is 42.7 Å². The van der Waals surface area contributed by atoms with E-state index in [1.165, 1.54) is 28.6 Å². The quantitative estimate of drug-likeness (QED) is 0.112. The van der Waals surface area contributed by atoms with Crippen LogP contribution in [-0.4, -0.2) is 94.7 Å². The lowest BCUT2D eigenvalue weighted by Gasteiger charge is -2.33. The average Bonchev–Trinajstić information content (AvgIpc) is 2.96. The molecule has 43 heavy (non-hydrogen) atoms. The van der Waals surface area contributed by atoms with Crippen LogP contribution in [-0.2, 0) is 14.6 Å². The molecule has 1 fully saturated rings. The third-order valence-electron chi connectivity index (χ3n) is 7.34. The predicted molar refractivity (Wildman–Crippen MR) is 179 cm³/mol. The number of rotatable bonds is 15. The molecule has 1 heterocycles. The maximum absolute atomic E-state index is 12.8. The van der Waals surface area contributed by atoms with Crippen LogP contribution in [0.4, 0.5) is 5.69 Å². The number of hydrazine groups is 1. The van der Waals surface area contributed by atoms with Crippen LogP contribution in [0, 0.1) is 6.92 Å². The number of piperidine rings is 1. The van der Waals surface area contributed by atoms with Crippen molar-refractivity contribution in [1.29, 1.82) is 0 Å². The Bertz CT molecular complexity index is 1240. The second kappa shape index (κ2) is 18.2. The number of hydrogen-bond acceptors (Lipinski definition) is 8. The zero-order chi connectivity index (χ0) is 32.0. The summed E-state index contributed by atoms with van der Waals surface area (Å²) in [5.74, 6) is 7.28. The van der Waals surface area contributed by atoms with Crippen LogP contribution in [0.3, 0.4) is 0 Å². The summed E-state index contributed by atoms with van der Waals surface area (Å²) in [6.45, 7) is 13.6. The number of sulfone groups is 1. The van der Waals surface area contributed by atoms with Crippen molar-refractivity contribution in [3.8, 4) is 5.75 Å². The highest BCUT2D eigenvalue weighted by atomic mass is 35.5. The van der Waals surface area contributed by atoms with Crippen LogP contribution < -0.4 is 21.2 Å². The SMILES string of the molecule is CCOc1cc(C2CCN(CCOC)CC2)c(C)cc1NC(N=CN/C(=C/N(C)N)C(C)S(=O)(=O)C(C)C)=NC/C=C/Cl. The van der Waals surface area contributed by atoms with E-state index in [-0.39, 0.29) is 6.54 Å². The Kier molecular flexibility index (Phi) is 15.5. The van der Waals surface area contributed by atoms with Gasteiger partial charge >= 0.3 is 0 Å². The number of aryl methyl sites for hydroxylation is 1. The summed E-state index contributed by atoms with van der Waals surface area (Å²) in [7, 11) is -0.0882. The number of aliphatic imine (C=N–C) groups is 2. The van der Waals surface area contributed by atoms with Gasteiger partial charge in [0.25, 0.3) is 0 Å². The van der Waals surface area contributed by atoms with Crippen molar-refractivity contribution in [1.82, 2.24) is 15.2 Å². The molecule has 1 atom stereocenters. The van der Waals surface area contributed by atoms with Crippen molar-refractivity contribution in [2.75, 3.05) is 58.9 Å². The Morgan fingerprint density at radius 1 is 1.28 bits per heavy atom. The first-order valence-corrected chi connectivity index (χ1v) is 16.7. The van der Waals surface area contributed by atoms with E-state index in [0.717, 1.165) is 56.1 Å². The number of likely N-dealkylation sites (tertiary alicyclic amines) is 1. The Labute approximate surface area is 263 Å². The minimum absolute atomic E-state index is 0.290. The lowest BCUT2D eigenvalue weighted by molar-refractivity contribution is 0.130. The summed E-state index contributed by atoms with van der Waals surface area (Å²) >= 11 is 5.72. The number of methoxy groups -OCH3 is 1. The van der Waals surface area contributed by atoms with E-state index in [2.05, 4.69) is 44.6 Å². The number of nitrogens with two attached hydrogens (primary N) is 1. The van der Waals surface area contributed by atoms with Gasteiger partial charge in [0.1, 0.15) is 11.0 Å². The van der Waals surface area contributed by atoms with Crippen LogP contribution in [0.2, 0.25) is 0 Å². The molecule has 1 aromatic rings. The molecule has 0 radical (unpaired) electrons. The Morgan fingerprint density at radius 3 is 2.56 bits per heavy atom. The maximum atomic E-state index is 12.8. The number of halogens is 1. The van der Waals surface area contributed by atoms with E-state index >= 15 is 0 Å². The van der Waals surface area contributed by atoms with Gasteiger partial charge in [0.2, 0.25) is 5.96 Å². The molecule has 2 rings (SSSR count). The zero-order valence-electron chi connectivity index (χ0n) is 26.6. The number of benzene rings is 1. The van der Waals surface area contributed by atoms with Crippen molar-refractivity contribution in [2.24, 2.45) is 15.8 Å². The van der Waals surface area contributed by atoms with Crippen LogP contribution in [0.1, 0.15) is 57.6 Å². The van der Waals surface area contributed by atoms with Gasteiger partial charge in [-0.3, -0.25) is 0 Å². The molecule has 242 valence electrons. The van der Waals surface area contributed by atoms with Crippen LogP contribution >= 0.6 is 11.6 Å². The minimum Gasteiger partial charge on any atom is -0.492 e. The van der Waals surface area contributed by atoms with Crippen LogP contribution in [0.5, 0.6) is 5.75 Å². The molecule has 0 spiro atoms. The summed E-state index contributed by atoms with van der Waals surface area (Å²) in [5.41, 5.74) is 4.96. The van der Waals surface area contributed by atoms with Crippen molar-refractivity contribution in [2.45, 2.75) is 63.9 Å². The highest BCUT2D eigenvalue weighted by molar-refractivity contribution is 7.92. The van der Waals surface area contributed by atoms with E-state index in [1.54, 1.807) is 41.0 Å². The fourth-order valence-corrected chi connectivity index (χ4v) is 6.23. The monoisotopic (exact) mass is 639 g/mol. The first-order valence-electron chi connectivity index (χ1n) is 14.7. The molecule has 13 heteroatoms. The topological polar surface area (TPSA) is 134 Å². The van der Waals surface area contributed by atoms with E-state index in [9.17, 15) is 8.42 Å². The third-order valence-corrected chi connectivity index (χ3v) is 10.1. The van der Waals surface area contributed by atoms with Gasteiger partial charge in [-0.05, 0) is 89.7 Å². The molecule has 0 amide bonds. The summed E-state index contributed by atoms with van der Waals surface area (Å²) in [4.78, 5) is 11.4. The predicted octanol–water partition coefficient (Wildman–Crippen LogP) is 4.22. The normalized spacial score (nSPS) is 16.8. The lowest BCUT2D eigenvalue weighted by atomic mass is 9.86. The van der Waals surface area contributed by atoms with Crippen molar-refractivity contribution in [3.05, 3.63) is 46.8 Å². The first-order chi connectivity index (χ1) is 20.4. The number of guanidine groups is 1. The van der Waals surface area contributed by atoms with Gasteiger partial charge in [0, 0.05) is 32.4 Å². The molecule has 11 nitrogen and oxygen atoms in total. The average molecular weight is 640 g/mol. The van der Waals surface area contributed by atoms with E-state index in [1.807, 2.05) is 6.92 Å². The maximum Gasteiger partial charge on any atom is 0.224 e. The Balaban J connectivity index is 2.32. The summed E-state index contributed by atoms with van der Waals surface area (Å²) in [6.07, 6.45) is 6.77. The standard InChI is InChI=1S/C30H50ClN7O4S/c1-8-42-29-19-26(25-10-14-38(15-11-25)16-17-41-7)23(4)18-27(29)36-30(33-13-9-12-31)35-21-34-28(20-37(6)32)24(5)43(39,40)22(2)3/h9,12,18-22,24-25H,8,10-11,13-17,32H2,1-7H3,(H2,33,34,35,36)/b12-9+,28-20+. The Hall–Kier alpha value is -2.64. The van der Waals surface area contributed by atoms with Gasteiger partial charge in [0.15, 0.2) is 9.84 Å². The number of ether oxygens (including phenoxy) is 2. The number of nitrogens with zero attached hydrogens (tertiary/aromatic N) is 4. The molecule has 0 aromatic heterocycles. The smallest absolute Gasteiger partial charge is 0.224 e. The van der Waals surface area contributed by atoms with E-state index in [0.29, 0.717) is 24.2 Å². The van der Waals surface area contributed by atoms with Crippen molar-refractivity contribution >= 4 is 39.4 Å². The molecule has 0 saturated carbocycles. The molecule has 1 saturated heterocycles. The molecule has 1 aromatic carbocycles. The molecule has 1 unspecified atom stereocenters. The number of nitrogens with one attached hydrogen (secondary N) is 2. The summed E-state index contributed by atoms with van der Waals surface area (Å²) in [6, 6.07) is 4.20. The summed E-state index contributed by atoms with van der Waals surface area (Å²) < 4.78 is 37.0. The van der Waals surface area contributed by atoms with Crippen LogP contribution in [0.25, 0.3) is 0 Å². The van der Waals surface area contributed by atoms with Crippen molar-refractivity contribution in [3.63, 3.8) is 0 Å². The second-order valence-electron chi connectivity index (χ2n) is 10.8. The number of hydrogen-bond donors (Lipinski definition) is 3. The van der Waals surface area contributed by atoms with Gasteiger partial charge in [-0.2, -0.15) is 0 Å². The lowest BCUT2D eigenvalue weighted by Crippen LogP contribution is -2.35. The van der Waals surface area contributed by atoms with E-state index < -0.39 is 20.3 Å². The van der Waals surface area contributed by atoms with Gasteiger partial charge in [-0.25, -0.2) is 24.2 Å². The third kappa shape index (κ3) is 11.4. The largest absolute Gasteiger partial charge is 0.492 e. The fraction of sp³-hybridized carbons (Fsp3) is 0.600. The molecule has 1 aliphatic rings. The molecule has 4 N–H and O–H groups in total. The van der Waals surface area contributed by atoms with Gasteiger partial charge in [-0.15, -0.1) is 0 Å². The van der Waals surface area contributed by atoms with Gasteiger partial charge in [-0.1, -0.05) is 17.7 Å². The highest BCUT2D eigenvalue weighted by Crippen LogP contribution is 2.36. The van der Waals surface area contributed by atoms with Crippen LogP contribution in [0.15, 0.2) is 45.6 Å². The van der Waals surface area contributed by atoms with Crippen molar-refractivity contribution < 1.29 is 17.9 Å². The Morgan fingerprint density at radius 2 is 1.98 bits per heavy atom. The highest BCUT2D eigenvalue weighted by Gasteiger charge is 2.28.